The second-order valence-corrected chi connectivity index (χ2v) is 9.60. The lowest BCUT2D eigenvalue weighted by Crippen LogP contribution is -2.53. The Labute approximate surface area is 175 Å². The largest absolute Gasteiger partial charge is 0.481 e. The molecule has 5 heteroatoms. The van der Waals surface area contributed by atoms with Gasteiger partial charge in [-0.25, -0.2) is 0 Å². The molecule has 5 nitrogen and oxygen atoms in total. The summed E-state index contributed by atoms with van der Waals surface area (Å²) in [5.74, 6) is 0.888. The number of hydrogen-bond acceptors (Lipinski definition) is 4. The maximum Gasteiger partial charge on any atom is 0.309 e. The SMILES string of the molecule is CC(C)C1=CC2=CCC3[C@](C)(C(=O)O)CCC[C@]3(C)[C@H]2CC1.OCCOCCO. The van der Waals surface area contributed by atoms with E-state index in [0.29, 0.717) is 25.0 Å². The third-order valence-corrected chi connectivity index (χ3v) is 7.54. The van der Waals surface area contributed by atoms with E-state index in [1.54, 1.807) is 5.57 Å². The van der Waals surface area contributed by atoms with E-state index in [9.17, 15) is 9.90 Å². The molecule has 0 bridgehead atoms. The molecule has 1 fully saturated rings. The van der Waals surface area contributed by atoms with E-state index in [1.807, 2.05) is 6.92 Å². The summed E-state index contributed by atoms with van der Waals surface area (Å²) in [5.41, 5.74) is 2.69. The lowest BCUT2D eigenvalue weighted by Gasteiger charge is -2.57. The number of aliphatic carboxylic acids is 1. The summed E-state index contributed by atoms with van der Waals surface area (Å²) in [7, 11) is 0. The Kier molecular flexibility index (Phi) is 8.50. The van der Waals surface area contributed by atoms with Crippen LogP contribution in [0.5, 0.6) is 0 Å². The van der Waals surface area contributed by atoms with Gasteiger partial charge in [-0.15, -0.1) is 0 Å². The third kappa shape index (κ3) is 5.12. The Bertz CT molecular complexity index is 619. The predicted octanol–water partition coefficient (Wildman–Crippen LogP) is 4.19. The molecule has 166 valence electrons. The summed E-state index contributed by atoms with van der Waals surface area (Å²) in [6.45, 7) is 9.63. The van der Waals surface area contributed by atoms with E-state index in [1.165, 1.54) is 24.8 Å². The monoisotopic (exact) mass is 408 g/mol. The van der Waals surface area contributed by atoms with Crippen molar-refractivity contribution in [2.45, 2.75) is 66.2 Å². The molecule has 29 heavy (non-hydrogen) atoms. The zero-order valence-corrected chi connectivity index (χ0v) is 18.6. The summed E-state index contributed by atoms with van der Waals surface area (Å²) in [6, 6.07) is 0. The molecule has 4 atom stereocenters. The molecule has 3 aliphatic rings. The van der Waals surface area contributed by atoms with Crippen molar-refractivity contribution in [1.82, 2.24) is 0 Å². The van der Waals surface area contributed by atoms with Crippen molar-refractivity contribution in [2.24, 2.45) is 28.6 Å². The molecule has 1 saturated carbocycles. The Morgan fingerprint density at radius 1 is 1.21 bits per heavy atom. The number of carbonyl (C=O) groups is 1. The standard InChI is InChI=1S/C20H30O2.C4H10O3/c1-13(2)14-6-8-16-15(12-14)7-9-17-19(16,3)10-5-11-20(17,4)18(21)22;5-1-3-7-4-2-6/h7,12-13,16-17H,5-6,8-11H2,1-4H3,(H,21,22);5-6H,1-4H2/t16-,17?,19+,20+;/m0./s1. The van der Waals surface area contributed by atoms with Crippen LogP contribution in [-0.2, 0) is 9.53 Å². The van der Waals surface area contributed by atoms with E-state index in [-0.39, 0.29) is 24.5 Å². The maximum atomic E-state index is 11.9. The van der Waals surface area contributed by atoms with Crippen LogP contribution < -0.4 is 0 Å². The van der Waals surface area contributed by atoms with Gasteiger partial charge in [0.05, 0.1) is 31.8 Å². The molecular formula is C24H40O5. The van der Waals surface area contributed by atoms with Crippen LogP contribution in [0.25, 0.3) is 0 Å². The van der Waals surface area contributed by atoms with Gasteiger partial charge in [-0.3, -0.25) is 4.79 Å². The molecule has 3 rings (SSSR count). The number of allylic oxidation sites excluding steroid dienone is 4. The van der Waals surface area contributed by atoms with Crippen molar-refractivity contribution in [1.29, 1.82) is 0 Å². The minimum absolute atomic E-state index is 0.0278. The van der Waals surface area contributed by atoms with Crippen LogP contribution in [-0.4, -0.2) is 47.7 Å². The molecule has 0 saturated heterocycles. The first-order valence-corrected chi connectivity index (χ1v) is 11.1. The molecule has 3 N–H and O–H groups in total. The number of carboxylic acid groups (broad SMARTS) is 1. The molecule has 0 spiro atoms. The molecule has 0 amide bonds. The number of aliphatic hydroxyl groups is 2. The van der Waals surface area contributed by atoms with Crippen molar-refractivity contribution in [3.05, 3.63) is 23.3 Å². The highest BCUT2D eigenvalue weighted by molar-refractivity contribution is 5.75. The van der Waals surface area contributed by atoms with Gasteiger partial charge in [0, 0.05) is 0 Å². The van der Waals surface area contributed by atoms with Crippen LogP contribution in [0, 0.1) is 28.6 Å². The first-order chi connectivity index (χ1) is 13.7. The number of ether oxygens (including phenoxy) is 1. The maximum absolute atomic E-state index is 11.9. The van der Waals surface area contributed by atoms with E-state index in [4.69, 9.17) is 10.2 Å². The third-order valence-electron chi connectivity index (χ3n) is 7.54. The average molecular weight is 409 g/mol. The summed E-state index contributed by atoms with van der Waals surface area (Å²) in [5, 5.41) is 26.0. The lowest BCUT2D eigenvalue weighted by atomic mass is 9.47. The van der Waals surface area contributed by atoms with Gasteiger partial charge in [-0.1, -0.05) is 44.9 Å². The smallest absolute Gasteiger partial charge is 0.309 e. The predicted molar refractivity (Wildman–Crippen MR) is 115 cm³/mol. The molecule has 0 aliphatic heterocycles. The quantitative estimate of drug-likeness (QED) is 0.574. The molecule has 0 aromatic heterocycles. The molecule has 3 aliphatic carbocycles. The van der Waals surface area contributed by atoms with Crippen LogP contribution in [0.1, 0.15) is 66.2 Å². The van der Waals surface area contributed by atoms with Gasteiger partial charge in [-0.05, 0) is 67.8 Å². The molecular weight excluding hydrogens is 368 g/mol. The van der Waals surface area contributed by atoms with E-state index in [0.717, 1.165) is 19.3 Å². The fraction of sp³-hybridized carbons (Fsp3) is 0.792. The highest BCUT2D eigenvalue weighted by atomic mass is 16.5. The van der Waals surface area contributed by atoms with Crippen LogP contribution in [0.4, 0.5) is 0 Å². The summed E-state index contributed by atoms with van der Waals surface area (Å²) < 4.78 is 4.63. The molecule has 0 heterocycles. The minimum Gasteiger partial charge on any atom is -0.481 e. The molecule has 0 aromatic carbocycles. The molecule has 0 radical (unpaired) electrons. The lowest BCUT2D eigenvalue weighted by molar-refractivity contribution is -0.162. The topological polar surface area (TPSA) is 87.0 Å². The average Bonchev–Trinajstić information content (AvgIpc) is 2.68. The van der Waals surface area contributed by atoms with E-state index >= 15 is 0 Å². The van der Waals surface area contributed by atoms with Gasteiger partial charge in [-0.2, -0.15) is 0 Å². The van der Waals surface area contributed by atoms with Gasteiger partial charge in [0.2, 0.25) is 0 Å². The van der Waals surface area contributed by atoms with Crippen LogP contribution in [0.15, 0.2) is 23.3 Å². The van der Waals surface area contributed by atoms with Gasteiger partial charge in [0.25, 0.3) is 0 Å². The molecule has 0 aromatic rings. The first-order valence-electron chi connectivity index (χ1n) is 11.1. The van der Waals surface area contributed by atoms with Crippen LogP contribution in [0.2, 0.25) is 0 Å². The summed E-state index contributed by atoms with van der Waals surface area (Å²) in [4.78, 5) is 11.9. The van der Waals surface area contributed by atoms with Gasteiger partial charge >= 0.3 is 5.97 Å². The fourth-order valence-corrected chi connectivity index (χ4v) is 5.83. The number of carboxylic acids is 1. The number of aliphatic hydroxyl groups excluding tert-OH is 2. The summed E-state index contributed by atoms with van der Waals surface area (Å²) >= 11 is 0. The van der Waals surface area contributed by atoms with Gasteiger partial charge < -0.3 is 20.1 Å². The van der Waals surface area contributed by atoms with Crippen molar-refractivity contribution < 1.29 is 24.9 Å². The van der Waals surface area contributed by atoms with E-state index < -0.39 is 11.4 Å². The van der Waals surface area contributed by atoms with Crippen LogP contribution in [0.3, 0.4) is 0 Å². The Balaban J connectivity index is 0.000000370. The van der Waals surface area contributed by atoms with Gasteiger partial charge in [0.15, 0.2) is 0 Å². The molecule has 1 unspecified atom stereocenters. The van der Waals surface area contributed by atoms with Crippen molar-refractivity contribution in [2.75, 3.05) is 26.4 Å². The first kappa shape index (κ1) is 24.1. The highest BCUT2D eigenvalue weighted by Crippen LogP contribution is 2.62. The number of rotatable bonds is 6. The zero-order chi connectivity index (χ0) is 21.7. The van der Waals surface area contributed by atoms with Gasteiger partial charge in [0.1, 0.15) is 0 Å². The second-order valence-electron chi connectivity index (χ2n) is 9.60. The van der Waals surface area contributed by atoms with Crippen molar-refractivity contribution in [3.63, 3.8) is 0 Å². The van der Waals surface area contributed by atoms with Crippen molar-refractivity contribution >= 4 is 5.97 Å². The second kappa shape index (κ2) is 10.2. The Hall–Kier alpha value is -1.17. The van der Waals surface area contributed by atoms with E-state index in [2.05, 4.69) is 37.7 Å². The Morgan fingerprint density at radius 2 is 1.86 bits per heavy atom. The Morgan fingerprint density at radius 3 is 2.41 bits per heavy atom. The van der Waals surface area contributed by atoms with Crippen molar-refractivity contribution in [3.8, 4) is 0 Å². The number of hydrogen-bond donors (Lipinski definition) is 3. The number of fused-ring (bicyclic) bond motifs is 3. The zero-order valence-electron chi connectivity index (χ0n) is 18.6. The highest BCUT2D eigenvalue weighted by Gasteiger charge is 2.57. The normalized spacial score (nSPS) is 33.6. The fourth-order valence-electron chi connectivity index (χ4n) is 5.83. The minimum atomic E-state index is -0.588. The van der Waals surface area contributed by atoms with Crippen LogP contribution >= 0.6 is 0 Å². The summed E-state index contributed by atoms with van der Waals surface area (Å²) in [6.07, 6.45) is 11.2.